The number of halogens is 1. The third-order valence-corrected chi connectivity index (χ3v) is 3.83. The molecule has 0 unspecified atom stereocenters. The number of methoxy groups -OCH3 is 2. The van der Waals surface area contributed by atoms with Gasteiger partial charge in [-0.3, -0.25) is 0 Å². The Hall–Kier alpha value is -3.10. The quantitative estimate of drug-likeness (QED) is 0.505. The summed E-state index contributed by atoms with van der Waals surface area (Å²) in [6.45, 7) is 0.170. The zero-order valence-corrected chi connectivity index (χ0v) is 19.0. The molecular weight excluding hydrogens is 464 g/mol. The predicted molar refractivity (Wildman–Crippen MR) is 122 cm³/mol. The minimum absolute atomic E-state index is 0.0627. The van der Waals surface area contributed by atoms with Crippen molar-refractivity contribution in [2.75, 3.05) is 27.4 Å². The molecule has 0 saturated heterocycles. The molecule has 2 aromatic carbocycles. The number of carbonyl (C=O) groups excluding carboxylic acids is 2. The van der Waals surface area contributed by atoms with Gasteiger partial charge >= 0.3 is 11.9 Å². The van der Waals surface area contributed by atoms with Gasteiger partial charge in [-0.25, -0.2) is 9.59 Å². The second kappa shape index (κ2) is 17.7. The number of terminal acetylenes is 1. The van der Waals surface area contributed by atoms with Crippen LogP contribution in [-0.4, -0.2) is 49.6 Å². The standard InChI is InChI=1S/C12H12O3.C8H7BrO2.C4H6O/c1-15-12(14)11-7-5-10(6-8-11)4-2-3-9-13;1-11-8(10)6-2-4-7(9)5-3-6;1-2-3-4-5/h5-8,13H,3,9H2,1H3;2-5H,1H3;1,5H,3-4H2. The maximum Gasteiger partial charge on any atom is 0.337 e. The van der Waals surface area contributed by atoms with E-state index in [4.69, 9.17) is 16.6 Å². The summed E-state index contributed by atoms with van der Waals surface area (Å²) in [7, 11) is 2.71. The van der Waals surface area contributed by atoms with Crippen LogP contribution in [0.3, 0.4) is 0 Å². The Morgan fingerprint density at radius 1 is 0.871 bits per heavy atom. The Morgan fingerprint density at radius 3 is 1.68 bits per heavy atom. The van der Waals surface area contributed by atoms with Crippen molar-refractivity contribution < 1.29 is 29.3 Å². The smallest absolute Gasteiger partial charge is 0.337 e. The van der Waals surface area contributed by atoms with Gasteiger partial charge in [0.2, 0.25) is 0 Å². The molecule has 0 saturated carbocycles. The molecular formula is C24H25BrO6. The molecule has 0 fully saturated rings. The van der Waals surface area contributed by atoms with E-state index in [0.717, 1.165) is 10.0 Å². The summed E-state index contributed by atoms with van der Waals surface area (Å²) >= 11 is 3.26. The zero-order valence-electron chi connectivity index (χ0n) is 17.4. The SMILES string of the molecule is C#CCCO.COC(=O)c1ccc(Br)cc1.COC(=O)c1ccc(C#CCCO)cc1. The molecule has 0 atom stereocenters. The van der Waals surface area contributed by atoms with E-state index in [9.17, 15) is 9.59 Å². The van der Waals surface area contributed by atoms with Gasteiger partial charge in [-0.2, -0.15) is 0 Å². The summed E-state index contributed by atoms with van der Waals surface area (Å²) < 4.78 is 10.0. The van der Waals surface area contributed by atoms with Crippen molar-refractivity contribution in [3.63, 3.8) is 0 Å². The highest BCUT2D eigenvalue weighted by atomic mass is 79.9. The minimum atomic E-state index is -0.357. The van der Waals surface area contributed by atoms with Crippen LogP contribution in [0.1, 0.15) is 39.1 Å². The molecule has 0 bridgehead atoms. The van der Waals surface area contributed by atoms with Crippen LogP contribution in [0.4, 0.5) is 0 Å². The molecule has 164 valence electrons. The van der Waals surface area contributed by atoms with Crippen LogP contribution < -0.4 is 0 Å². The number of esters is 2. The molecule has 0 heterocycles. The van der Waals surface area contributed by atoms with Crippen LogP contribution in [-0.2, 0) is 9.47 Å². The fraction of sp³-hybridized carbons (Fsp3) is 0.250. The summed E-state index contributed by atoms with van der Waals surface area (Å²) in [5.74, 6) is 7.27. The van der Waals surface area contributed by atoms with Crippen molar-refractivity contribution in [2.24, 2.45) is 0 Å². The van der Waals surface area contributed by atoms with Gasteiger partial charge in [-0.05, 0) is 48.5 Å². The van der Waals surface area contributed by atoms with Crippen LogP contribution in [0.15, 0.2) is 53.0 Å². The van der Waals surface area contributed by atoms with Crippen molar-refractivity contribution in [2.45, 2.75) is 12.8 Å². The third-order valence-electron chi connectivity index (χ3n) is 3.30. The molecule has 7 heteroatoms. The van der Waals surface area contributed by atoms with Crippen molar-refractivity contribution in [1.82, 2.24) is 0 Å². The molecule has 0 spiro atoms. The van der Waals surface area contributed by atoms with Crippen LogP contribution in [0.25, 0.3) is 0 Å². The third kappa shape index (κ3) is 12.9. The molecule has 0 amide bonds. The van der Waals surface area contributed by atoms with Gasteiger partial charge in [0.15, 0.2) is 0 Å². The maximum atomic E-state index is 11.1. The second-order valence-corrected chi connectivity index (χ2v) is 6.44. The molecule has 2 aromatic rings. The number of carbonyl (C=O) groups is 2. The van der Waals surface area contributed by atoms with Crippen molar-refractivity contribution in [3.8, 4) is 24.2 Å². The minimum Gasteiger partial charge on any atom is -0.465 e. The molecule has 31 heavy (non-hydrogen) atoms. The van der Waals surface area contributed by atoms with Gasteiger partial charge in [-0.15, -0.1) is 12.3 Å². The lowest BCUT2D eigenvalue weighted by Gasteiger charge is -1.97. The highest BCUT2D eigenvalue weighted by molar-refractivity contribution is 9.10. The molecule has 0 radical (unpaired) electrons. The summed E-state index contributed by atoms with van der Waals surface area (Å²) in [5.41, 5.74) is 1.89. The first-order chi connectivity index (χ1) is 14.9. The van der Waals surface area contributed by atoms with Gasteiger partial charge in [0.05, 0.1) is 38.6 Å². The van der Waals surface area contributed by atoms with E-state index < -0.39 is 0 Å². The average Bonchev–Trinajstić information content (AvgIpc) is 2.80. The van der Waals surface area contributed by atoms with Gasteiger partial charge in [0, 0.05) is 22.9 Å². The predicted octanol–water partition coefficient (Wildman–Crippen LogP) is 3.44. The first kappa shape index (κ1) is 27.9. The number of hydrogen-bond acceptors (Lipinski definition) is 6. The molecule has 2 N–H and O–H groups in total. The first-order valence-corrected chi connectivity index (χ1v) is 9.89. The fourth-order valence-electron chi connectivity index (χ4n) is 1.80. The lowest BCUT2D eigenvalue weighted by Crippen LogP contribution is -2.00. The van der Waals surface area contributed by atoms with Crippen LogP contribution >= 0.6 is 15.9 Å². The summed E-state index contributed by atoms with van der Waals surface area (Å²) in [6.07, 6.45) is 5.66. The summed E-state index contributed by atoms with van der Waals surface area (Å²) in [6, 6.07) is 13.8. The Kier molecular flexibility index (Phi) is 16.0. The monoisotopic (exact) mass is 488 g/mol. The molecule has 0 aliphatic heterocycles. The Morgan fingerprint density at radius 2 is 1.32 bits per heavy atom. The number of ether oxygens (including phenoxy) is 2. The van der Waals surface area contributed by atoms with E-state index in [1.165, 1.54) is 14.2 Å². The normalized spacial score (nSPS) is 8.65. The molecule has 2 rings (SSSR count). The van der Waals surface area contributed by atoms with Crippen LogP contribution in [0.5, 0.6) is 0 Å². The largest absolute Gasteiger partial charge is 0.465 e. The molecule has 0 aliphatic rings. The van der Waals surface area contributed by atoms with Crippen molar-refractivity contribution >= 4 is 27.9 Å². The van der Waals surface area contributed by atoms with Crippen molar-refractivity contribution in [1.29, 1.82) is 0 Å². The molecule has 6 nitrogen and oxygen atoms in total. The highest BCUT2D eigenvalue weighted by Gasteiger charge is 2.03. The van der Waals surface area contributed by atoms with Gasteiger partial charge in [-0.1, -0.05) is 27.8 Å². The second-order valence-electron chi connectivity index (χ2n) is 5.52. The van der Waals surface area contributed by atoms with E-state index in [-0.39, 0.29) is 25.2 Å². The Bertz CT molecular complexity index is 887. The topological polar surface area (TPSA) is 93.1 Å². The van der Waals surface area contributed by atoms with E-state index in [1.807, 2.05) is 0 Å². The first-order valence-electron chi connectivity index (χ1n) is 9.09. The number of aliphatic hydroxyl groups excluding tert-OH is 2. The summed E-state index contributed by atoms with van der Waals surface area (Å²) in [5, 5.41) is 16.5. The number of benzene rings is 2. The van der Waals surface area contributed by atoms with Crippen LogP contribution in [0.2, 0.25) is 0 Å². The van der Waals surface area contributed by atoms with E-state index in [0.29, 0.717) is 24.0 Å². The number of rotatable bonds is 4. The molecule has 0 aromatic heterocycles. The Labute approximate surface area is 191 Å². The lowest BCUT2D eigenvalue weighted by atomic mass is 10.1. The zero-order chi connectivity index (χ0) is 23.5. The molecule has 0 aliphatic carbocycles. The lowest BCUT2D eigenvalue weighted by molar-refractivity contribution is 0.0592. The highest BCUT2D eigenvalue weighted by Crippen LogP contribution is 2.10. The Balaban J connectivity index is 0.000000492. The van der Waals surface area contributed by atoms with Gasteiger partial charge in [0.25, 0.3) is 0 Å². The summed E-state index contributed by atoms with van der Waals surface area (Å²) in [4.78, 5) is 22.0. The van der Waals surface area contributed by atoms with E-state index in [1.54, 1.807) is 48.5 Å². The van der Waals surface area contributed by atoms with E-state index in [2.05, 4.69) is 43.2 Å². The van der Waals surface area contributed by atoms with Crippen molar-refractivity contribution in [3.05, 3.63) is 69.7 Å². The van der Waals surface area contributed by atoms with E-state index >= 15 is 0 Å². The number of aliphatic hydroxyl groups is 2. The van der Waals surface area contributed by atoms with Gasteiger partial charge in [0.1, 0.15) is 0 Å². The average molecular weight is 489 g/mol. The van der Waals surface area contributed by atoms with Gasteiger partial charge < -0.3 is 19.7 Å². The maximum absolute atomic E-state index is 11.1. The fourth-order valence-corrected chi connectivity index (χ4v) is 2.06. The van der Waals surface area contributed by atoms with Crippen LogP contribution in [0, 0.1) is 24.2 Å². The number of hydrogen-bond donors (Lipinski definition) is 2.